The summed E-state index contributed by atoms with van der Waals surface area (Å²) in [5, 5.41) is 18.2. The summed E-state index contributed by atoms with van der Waals surface area (Å²) in [6, 6.07) is 5.20. The van der Waals surface area contributed by atoms with E-state index < -0.39 is 0 Å². The number of pyridine rings is 1. The maximum atomic E-state index is 11.2. The quantitative estimate of drug-likeness (QED) is 0.624. The summed E-state index contributed by atoms with van der Waals surface area (Å²) in [5.41, 5.74) is 6.08. The number of hydrogen-bond donors (Lipinski definition) is 1. The maximum absolute atomic E-state index is 11.2. The summed E-state index contributed by atoms with van der Waals surface area (Å²) < 4.78 is 4.77. The molecule has 0 aromatic carbocycles. The highest BCUT2D eigenvalue weighted by Crippen LogP contribution is 2.20. The van der Waals surface area contributed by atoms with Crippen molar-refractivity contribution >= 4 is 23.5 Å². The number of nitriles is 2. The Bertz CT molecular complexity index is 545. The van der Waals surface area contributed by atoms with E-state index in [9.17, 15) is 4.79 Å². The Kier molecular flexibility index (Phi) is 4.97. The number of thioether (sulfide) groups is 1. The van der Waals surface area contributed by atoms with Gasteiger partial charge in [-0.2, -0.15) is 10.5 Å². The van der Waals surface area contributed by atoms with Gasteiger partial charge in [0.2, 0.25) is 0 Å². The number of aromatic amines is 1. The van der Waals surface area contributed by atoms with Crippen LogP contribution in [0.25, 0.3) is 0 Å². The van der Waals surface area contributed by atoms with Crippen molar-refractivity contribution in [1.29, 1.82) is 10.5 Å². The Balaban J connectivity index is 2.90. The second-order valence-electron chi connectivity index (χ2n) is 3.16. The van der Waals surface area contributed by atoms with E-state index in [1.165, 1.54) is 6.07 Å². The SMILES string of the molecule is CCOC(=O)CSc1[nH+]c(N)c(C#N)cc1C#N. The number of ether oxygens (including phenoxy) is 1. The third-order valence-corrected chi connectivity index (χ3v) is 2.94. The number of hydrogen-bond acceptors (Lipinski definition) is 6. The molecule has 6 nitrogen and oxygen atoms in total. The van der Waals surface area contributed by atoms with Crippen LogP contribution in [0.4, 0.5) is 5.82 Å². The van der Waals surface area contributed by atoms with Gasteiger partial charge >= 0.3 is 5.97 Å². The van der Waals surface area contributed by atoms with Crippen molar-refractivity contribution in [2.45, 2.75) is 11.9 Å². The van der Waals surface area contributed by atoms with Gasteiger partial charge in [-0.05, 0) is 13.0 Å². The first-order valence-electron chi connectivity index (χ1n) is 5.06. The summed E-state index contributed by atoms with van der Waals surface area (Å²) in [6.07, 6.45) is 0. The lowest BCUT2D eigenvalue weighted by Gasteiger charge is -2.02. The highest BCUT2D eigenvalue weighted by Gasteiger charge is 2.16. The van der Waals surface area contributed by atoms with Crippen molar-refractivity contribution in [3.63, 3.8) is 0 Å². The van der Waals surface area contributed by atoms with E-state index in [1.54, 1.807) is 6.92 Å². The van der Waals surface area contributed by atoms with Crippen LogP contribution in [0, 0.1) is 22.7 Å². The number of carbonyl (C=O) groups is 1. The van der Waals surface area contributed by atoms with Crippen LogP contribution in [-0.2, 0) is 9.53 Å². The van der Waals surface area contributed by atoms with Crippen molar-refractivity contribution in [2.75, 3.05) is 18.1 Å². The van der Waals surface area contributed by atoms with Gasteiger partial charge < -0.3 is 4.74 Å². The largest absolute Gasteiger partial charge is 0.465 e. The molecule has 1 heterocycles. The van der Waals surface area contributed by atoms with Crippen molar-refractivity contribution in [3.05, 3.63) is 17.2 Å². The predicted octanol–water partition coefficient (Wildman–Crippen LogP) is 0.481. The molecular weight excluding hydrogens is 252 g/mol. The molecule has 1 aromatic rings. The van der Waals surface area contributed by atoms with Crippen molar-refractivity contribution in [1.82, 2.24) is 0 Å². The zero-order valence-corrected chi connectivity index (χ0v) is 10.5. The van der Waals surface area contributed by atoms with Crippen LogP contribution in [-0.4, -0.2) is 18.3 Å². The Morgan fingerprint density at radius 2 is 2.17 bits per heavy atom. The molecule has 1 rings (SSSR count). The average molecular weight is 263 g/mol. The molecule has 0 spiro atoms. The third kappa shape index (κ3) is 3.37. The molecule has 0 aliphatic rings. The minimum atomic E-state index is -0.372. The molecule has 3 N–H and O–H groups in total. The first-order chi connectivity index (χ1) is 8.62. The minimum absolute atomic E-state index is 0.0738. The molecule has 0 aliphatic heterocycles. The van der Waals surface area contributed by atoms with Gasteiger partial charge in [-0.25, -0.2) is 4.98 Å². The van der Waals surface area contributed by atoms with Crippen LogP contribution in [0.5, 0.6) is 0 Å². The molecule has 7 heteroatoms. The fourth-order valence-electron chi connectivity index (χ4n) is 1.17. The molecule has 0 aliphatic carbocycles. The first kappa shape index (κ1) is 13.8. The molecule has 0 bridgehead atoms. The molecule has 0 unspecified atom stereocenters. The van der Waals surface area contributed by atoms with E-state index in [1.807, 2.05) is 12.1 Å². The number of esters is 1. The first-order valence-corrected chi connectivity index (χ1v) is 6.05. The number of rotatable bonds is 4. The summed E-state index contributed by atoms with van der Waals surface area (Å²) in [7, 11) is 0. The Labute approximate surface area is 108 Å². The van der Waals surface area contributed by atoms with Gasteiger partial charge in [-0.1, -0.05) is 11.8 Å². The lowest BCUT2D eigenvalue weighted by Crippen LogP contribution is -2.18. The predicted molar refractivity (Wildman–Crippen MR) is 64.2 cm³/mol. The van der Waals surface area contributed by atoms with Gasteiger partial charge in [0.05, 0.1) is 12.4 Å². The van der Waals surface area contributed by atoms with Crippen LogP contribution >= 0.6 is 11.8 Å². The molecule has 0 saturated heterocycles. The van der Waals surface area contributed by atoms with Crippen LogP contribution in [0.15, 0.2) is 11.1 Å². The number of nitrogen functional groups attached to an aromatic ring is 1. The summed E-state index contributed by atoms with van der Waals surface area (Å²) in [4.78, 5) is 13.9. The molecule has 0 radical (unpaired) electrons. The lowest BCUT2D eigenvalue weighted by molar-refractivity contribution is -0.410. The standard InChI is InChI=1S/C11H10N4O2S/c1-2-17-9(16)6-18-11-8(5-13)3-7(4-12)10(14)15-11/h3H,2,6H2,1H3,(H2,14,15)/p+1. The van der Waals surface area contributed by atoms with E-state index in [4.69, 9.17) is 21.0 Å². The summed E-state index contributed by atoms with van der Waals surface area (Å²) >= 11 is 1.11. The molecule has 0 atom stereocenters. The fraction of sp³-hybridized carbons (Fsp3) is 0.273. The van der Waals surface area contributed by atoms with Gasteiger partial charge in [0.15, 0.2) is 5.03 Å². The van der Waals surface area contributed by atoms with Crippen molar-refractivity contribution < 1.29 is 14.5 Å². The molecule has 18 heavy (non-hydrogen) atoms. The number of carbonyl (C=O) groups excluding carboxylic acids is 1. The molecule has 0 fully saturated rings. The maximum Gasteiger partial charge on any atom is 0.316 e. The number of aromatic nitrogens is 1. The molecule has 92 valence electrons. The second kappa shape index (κ2) is 6.48. The number of nitrogens with two attached hydrogens (primary N) is 1. The van der Waals surface area contributed by atoms with E-state index >= 15 is 0 Å². The fourth-order valence-corrected chi connectivity index (χ4v) is 1.96. The van der Waals surface area contributed by atoms with Gasteiger partial charge in [0.25, 0.3) is 5.82 Å². The Morgan fingerprint density at radius 3 is 2.72 bits per heavy atom. The van der Waals surface area contributed by atoms with E-state index in [0.29, 0.717) is 11.6 Å². The van der Waals surface area contributed by atoms with Crippen LogP contribution < -0.4 is 10.7 Å². The minimum Gasteiger partial charge on any atom is -0.465 e. The smallest absolute Gasteiger partial charge is 0.316 e. The van der Waals surface area contributed by atoms with Gasteiger partial charge in [-0.15, -0.1) is 0 Å². The summed E-state index contributed by atoms with van der Waals surface area (Å²) in [5.74, 6) is -0.129. The number of anilines is 1. The monoisotopic (exact) mass is 263 g/mol. The highest BCUT2D eigenvalue weighted by molar-refractivity contribution is 7.99. The van der Waals surface area contributed by atoms with Gasteiger partial charge in [0, 0.05) is 0 Å². The lowest BCUT2D eigenvalue weighted by atomic mass is 10.2. The van der Waals surface area contributed by atoms with E-state index in [2.05, 4.69) is 4.98 Å². The van der Waals surface area contributed by atoms with E-state index in [-0.39, 0.29) is 28.7 Å². The van der Waals surface area contributed by atoms with Crippen LogP contribution in [0.3, 0.4) is 0 Å². The zero-order chi connectivity index (χ0) is 13.5. The zero-order valence-electron chi connectivity index (χ0n) is 9.69. The molecular formula is C11H11N4O2S+. The Morgan fingerprint density at radius 1 is 1.50 bits per heavy atom. The van der Waals surface area contributed by atoms with Crippen molar-refractivity contribution in [3.8, 4) is 12.1 Å². The summed E-state index contributed by atoms with van der Waals surface area (Å²) in [6.45, 7) is 2.03. The number of nitrogens with one attached hydrogen (secondary N) is 1. The third-order valence-electron chi connectivity index (χ3n) is 1.95. The van der Waals surface area contributed by atoms with Gasteiger partial charge in [-0.3, -0.25) is 10.5 Å². The number of nitrogens with zero attached hydrogens (tertiary/aromatic N) is 2. The Hall–Kier alpha value is -2.25. The van der Waals surface area contributed by atoms with E-state index in [0.717, 1.165) is 11.8 Å². The number of H-pyrrole nitrogens is 1. The van der Waals surface area contributed by atoms with Gasteiger partial charge in [0.1, 0.15) is 23.3 Å². The van der Waals surface area contributed by atoms with Crippen molar-refractivity contribution in [2.24, 2.45) is 0 Å². The molecule has 0 saturated carbocycles. The second-order valence-corrected chi connectivity index (χ2v) is 4.14. The molecule has 0 amide bonds. The normalized spacial score (nSPS) is 9.28. The van der Waals surface area contributed by atoms with Crippen LogP contribution in [0.2, 0.25) is 0 Å². The molecule has 1 aromatic heterocycles. The average Bonchev–Trinajstić information content (AvgIpc) is 2.36. The highest BCUT2D eigenvalue weighted by atomic mass is 32.2. The topological polar surface area (TPSA) is 114 Å². The van der Waals surface area contributed by atoms with Crippen LogP contribution in [0.1, 0.15) is 18.1 Å².